The second-order valence-electron chi connectivity index (χ2n) is 6.49. The van der Waals surface area contributed by atoms with Gasteiger partial charge in [-0.1, -0.05) is 26.0 Å². The van der Waals surface area contributed by atoms with Crippen LogP contribution in [-0.4, -0.2) is 53.0 Å². The Morgan fingerprint density at radius 1 is 1.20 bits per heavy atom. The third-order valence-electron chi connectivity index (χ3n) is 3.46. The van der Waals surface area contributed by atoms with E-state index in [1.165, 1.54) is 19.2 Å². The molecule has 30 heavy (non-hydrogen) atoms. The van der Waals surface area contributed by atoms with E-state index < -0.39 is 43.0 Å². The minimum atomic E-state index is -5.20. The van der Waals surface area contributed by atoms with E-state index in [0.717, 1.165) is 18.4 Å². The summed E-state index contributed by atoms with van der Waals surface area (Å²) in [5, 5.41) is 0. The molecule has 0 aliphatic heterocycles. The maximum Gasteiger partial charge on any atom is 1.00 e. The monoisotopic (exact) mass is 496 g/mol. The van der Waals surface area contributed by atoms with E-state index in [-0.39, 0.29) is 56.9 Å². The molecule has 1 atom stereocenters. The van der Waals surface area contributed by atoms with Gasteiger partial charge in [0.2, 0.25) is 6.10 Å². The molecule has 13 heteroatoms. The molecule has 0 amide bonds. The molecule has 0 aliphatic carbocycles. The zero-order chi connectivity index (χ0) is 22.8. The maximum atomic E-state index is 12.7. The average Bonchev–Trinajstić information content (AvgIpc) is 2.58. The van der Waals surface area contributed by atoms with Crippen LogP contribution < -0.4 is 51.4 Å². The number of benzene rings is 1. The van der Waals surface area contributed by atoms with Gasteiger partial charge in [0.1, 0.15) is 0 Å². The van der Waals surface area contributed by atoms with Crippen LogP contribution in [0.15, 0.2) is 24.3 Å². The Hall–Kier alpha value is -0.157. The van der Waals surface area contributed by atoms with Gasteiger partial charge in [0, 0.05) is 6.55 Å². The first-order valence-electron chi connectivity index (χ1n) is 8.50. The Kier molecular flexibility index (Phi) is 15.8. The second kappa shape index (κ2) is 14.8. The van der Waals surface area contributed by atoms with Crippen LogP contribution in [0.2, 0.25) is 6.55 Å². The first-order valence-corrected chi connectivity index (χ1v) is 11.9. The van der Waals surface area contributed by atoms with Crippen molar-refractivity contribution in [1.82, 2.24) is 0 Å². The Bertz CT molecular complexity index is 769. The minimum Gasteiger partial charge on any atom is -0.748 e. The third-order valence-corrected chi connectivity index (χ3v) is 4.74. The van der Waals surface area contributed by atoms with E-state index >= 15 is 0 Å². The van der Waals surface area contributed by atoms with E-state index in [9.17, 15) is 35.4 Å². The van der Waals surface area contributed by atoms with Gasteiger partial charge in [-0.05, 0) is 36.5 Å². The zero-order valence-electron chi connectivity index (χ0n) is 17.5. The molecular formula is C17H24F3KO7SSi. The molecular weight excluding hydrogens is 472 g/mol. The van der Waals surface area contributed by atoms with E-state index in [0.29, 0.717) is 5.92 Å². The normalized spacial score (nSPS) is 12.2. The van der Waals surface area contributed by atoms with E-state index in [1.807, 2.05) is 13.8 Å². The molecule has 0 radical (unpaired) electrons. The SMILES string of the molecule is CC(C)CCc1ccc(C(=O)OC(CS(=O)(=O)[O-])C(F)(F)F)cc1.CO[Si](C)=O.[K+]. The third kappa shape index (κ3) is 15.6. The molecule has 0 aliphatic rings. The summed E-state index contributed by atoms with van der Waals surface area (Å²) < 4.78 is 87.9. The summed E-state index contributed by atoms with van der Waals surface area (Å²) in [5.74, 6) is -2.71. The van der Waals surface area contributed by atoms with Gasteiger partial charge in [0.25, 0.3) is 0 Å². The molecule has 1 aromatic carbocycles. The molecule has 0 N–H and O–H groups in total. The number of carbonyl (C=O) groups is 1. The Morgan fingerprint density at radius 3 is 2.00 bits per heavy atom. The molecule has 1 aromatic rings. The van der Waals surface area contributed by atoms with E-state index in [2.05, 4.69) is 9.16 Å². The maximum absolute atomic E-state index is 12.7. The Balaban J connectivity index is 0. The first kappa shape index (κ1) is 32.0. The van der Waals surface area contributed by atoms with Gasteiger partial charge in [-0.2, -0.15) is 13.2 Å². The largest absolute Gasteiger partial charge is 1.00 e. The van der Waals surface area contributed by atoms with Gasteiger partial charge in [0.15, 0.2) is 0 Å². The molecule has 0 spiro atoms. The molecule has 1 unspecified atom stereocenters. The fraction of sp³-hybridized carbons (Fsp3) is 0.588. The number of hydrogen-bond donors (Lipinski definition) is 0. The smallest absolute Gasteiger partial charge is 0.748 e. The average molecular weight is 497 g/mol. The van der Waals surface area contributed by atoms with Gasteiger partial charge in [-0.25, -0.2) is 13.2 Å². The zero-order valence-corrected chi connectivity index (χ0v) is 22.4. The predicted octanol–water partition coefficient (Wildman–Crippen LogP) is 0.0934. The number of hydrogen-bond acceptors (Lipinski definition) is 7. The minimum absolute atomic E-state index is 0. The molecule has 0 fully saturated rings. The number of esters is 1. The van der Waals surface area contributed by atoms with Crippen molar-refractivity contribution >= 4 is 25.0 Å². The quantitative estimate of drug-likeness (QED) is 0.285. The predicted molar refractivity (Wildman–Crippen MR) is 98.7 cm³/mol. The van der Waals surface area contributed by atoms with Gasteiger partial charge in [0.05, 0.1) is 28.5 Å². The Labute approximate surface area is 218 Å². The van der Waals surface area contributed by atoms with Crippen molar-refractivity contribution in [3.63, 3.8) is 0 Å². The molecule has 0 saturated carbocycles. The van der Waals surface area contributed by atoms with Gasteiger partial charge in [-0.3, -0.25) is 0 Å². The van der Waals surface area contributed by atoms with Crippen LogP contribution in [0.1, 0.15) is 36.2 Å². The molecule has 0 aromatic heterocycles. The van der Waals surface area contributed by atoms with Crippen LogP contribution in [0.25, 0.3) is 0 Å². The van der Waals surface area contributed by atoms with Gasteiger partial charge >= 0.3 is 72.5 Å². The van der Waals surface area contributed by atoms with Crippen LogP contribution in [0.4, 0.5) is 13.2 Å². The van der Waals surface area contributed by atoms with E-state index in [4.69, 9.17) is 0 Å². The number of ether oxygens (including phenoxy) is 1. The molecule has 7 nitrogen and oxygen atoms in total. The molecule has 0 saturated heterocycles. The fourth-order valence-corrected chi connectivity index (χ4v) is 2.47. The number of rotatable bonds is 8. The molecule has 0 bridgehead atoms. The van der Waals surface area contributed by atoms with Crippen LogP contribution in [-0.2, 0) is 30.2 Å². The van der Waals surface area contributed by atoms with Crippen molar-refractivity contribution in [2.75, 3.05) is 12.9 Å². The van der Waals surface area contributed by atoms with Crippen molar-refractivity contribution in [1.29, 1.82) is 0 Å². The van der Waals surface area contributed by atoms with Crippen molar-refractivity contribution in [3.05, 3.63) is 35.4 Å². The summed E-state index contributed by atoms with van der Waals surface area (Å²) in [6, 6.07) is 5.78. The number of alkyl halides is 3. The number of aryl methyl sites for hydroxylation is 1. The van der Waals surface area contributed by atoms with Gasteiger partial charge in [-0.15, -0.1) is 0 Å². The summed E-state index contributed by atoms with van der Waals surface area (Å²) in [5.41, 5.74) is 0.760. The number of carbonyl (C=O) groups excluding carboxylic acids is 1. The topological polar surface area (TPSA) is 110 Å². The fourth-order valence-electron chi connectivity index (χ4n) is 1.84. The van der Waals surface area contributed by atoms with Crippen LogP contribution in [0.5, 0.6) is 0 Å². The van der Waals surface area contributed by atoms with Crippen molar-refractivity contribution < 1.29 is 95.9 Å². The van der Waals surface area contributed by atoms with Crippen LogP contribution in [0, 0.1) is 5.92 Å². The first-order chi connectivity index (χ1) is 13.2. The summed E-state index contributed by atoms with van der Waals surface area (Å²) in [6.45, 7) is 5.64. The standard InChI is InChI=1S/C15H19F3O5S.C2H6O2Si.K/c1-10(2)3-4-11-5-7-12(8-6-11)14(19)23-13(15(16,17)18)9-24(20,21)22;1-4-5(2)3;/h5-8,10,13H,3-4,9H2,1-2H3,(H,20,21,22);1-2H3;/q;;+1/p-1. The second-order valence-corrected chi connectivity index (χ2v) is 9.33. The van der Waals surface area contributed by atoms with Crippen LogP contribution in [0.3, 0.4) is 0 Å². The number of halogens is 3. The Morgan fingerprint density at radius 2 is 1.67 bits per heavy atom. The van der Waals surface area contributed by atoms with Crippen molar-refractivity contribution in [3.8, 4) is 0 Å². The van der Waals surface area contributed by atoms with Crippen LogP contribution >= 0.6 is 0 Å². The summed E-state index contributed by atoms with van der Waals surface area (Å²) in [7, 11) is -5.40. The summed E-state index contributed by atoms with van der Waals surface area (Å²) in [4.78, 5) is 11.7. The molecule has 166 valence electrons. The van der Waals surface area contributed by atoms with Gasteiger partial charge < -0.3 is 18.2 Å². The van der Waals surface area contributed by atoms with Crippen molar-refractivity contribution in [2.24, 2.45) is 5.92 Å². The molecule has 1 rings (SSSR count). The summed E-state index contributed by atoms with van der Waals surface area (Å²) >= 11 is 0. The van der Waals surface area contributed by atoms with E-state index in [1.54, 1.807) is 18.7 Å². The summed E-state index contributed by atoms with van der Waals surface area (Å²) in [6.07, 6.45) is -6.47. The van der Waals surface area contributed by atoms with Crippen molar-refractivity contribution in [2.45, 2.75) is 45.5 Å². The molecule has 0 heterocycles.